The van der Waals surface area contributed by atoms with Gasteiger partial charge in [0.1, 0.15) is 0 Å². The molecule has 0 fully saturated rings. The first-order chi connectivity index (χ1) is 9.63. The van der Waals surface area contributed by atoms with Crippen LogP contribution in [0.25, 0.3) is 0 Å². The van der Waals surface area contributed by atoms with Crippen molar-refractivity contribution >= 4 is 11.8 Å². The Kier molecular flexibility index (Phi) is 3.85. The molecule has 2 atom stereocenters. The van der Waals surface area contributed by atoms with Gasteiger partial charge in [-0.15, -0.1) is 11.8 Å². The maximum atomic E-state index is 6.41. The van der Waals surface area contributed by atoms with Crippen LogP contribution in [0.4, 0.5) is 0 Å². The third kappa shape index (κ3) is 2.76. The number of hydrogen-bond acceptors (Lipinski definition) is 3. The van der Waals surface area contributed by atoms with Gasteiger partial charge in [-0.1, -0.05) is 18.2 Å². The second-order valence-corrected chi connectivity index (χ2v) is 7.00. The summed E-state index contributed by atoms with van der Waals surface area (Å²) >= 11 is 1.92. The number of nitrogens with zero attached hydrogens (tertiary/aromatic N) is 2. The number of rotatable bonds is 4. The van der Waals surface area contributed by atoms with Crippen molar-refractivity contribution in [3.8, 4) is 0 Å². The minimum atomic E-state index is 0.155. The third-order valence-corrected chi connectivity index (χ3v) is 5.26. The van der Waals surface area contributed by atoms with Gasteiger partial charge in [0, 0.05) is 34.8 Å². The van der Waals surface area contributed by atoms with Gasteiger partial charge in [-0.05, 0) is 38.0 Å². The molecule has 0 radical (unpaired) electrons. The van der Waals surface area contributed by atoms with Crippen molar-refractivity contribution in [1.29, 1.82) is 0 Å². The summed E-state index contributed by atoms with van der Waals surface area (Å²) < 4.78 is 2.00. The summed E-state index contributed by atoms with van der Waals surface area (Å²) in [6.07, 6.45) is 3.97. The molecule has 1 aliphatic heterocycles. The molecule has 0 bridgehead atoms. The molecule has 1 aromatic heterocycles. The first kappa shape index (κ1) is 13.7. The quantitative estimate of drug-likeness (QED) is 0.940. The van der Waals surface area contributed by atoms with Gasteiger partial charge < -0.3 is 5.73 Å². The van der Waals surface area contributed by atoms with E-state index in [2.05, 4.69) is 49.3 Å². The molecule has 1 aromatic carbocycles. The Bertz CT molecular complexity index is 566. The summed E-state index contributed by atoms with van der Waals surface area (Å²) in [6.45, 7) is 4.28. The highest BCUT2D eigenvalue weighted by Gasteiger charge is 2.27. The zero-order chi connectivity index (χ0) is 14.1. The second-order valence-electron chi connectivity index (χ2n) is 5.72. The van der Waals surface area contributed by atoms with Gasteiger partial charge in [-0.2, -0.15) is 5.10 Å². The Morgan fingerprint density at radius 2 is 2.15 bits per heavy atom. The smallest absolute Gasteiger partial charge is 0.0640 e. The van der Waals surface area contributed by atoms with E-state index in [0.29, 0.717) is 11.3 Å². The molecule has 4 heteroatoms. The first-order valence-electron chi connectivity index (χ1n) is 7.17. The van der Waals surface area contributed by atoms with Crippen LogP contribution in [0, 0.1) is 0 Å². The zero-order valence-corrected chi connectivity index (χ0v) is 12.8. The first-order valence-corrected chi connectivity index (χ1v) is 8.05. The van der Waals surface area contributed by atoms with Gasteiger partial charge in [0.2, 0.25) is 0 Å². The molecule has 106 valence electrons. The maximum absolute atomic E-state index is 6.41. The van der Waals surface area contributed by atoms with E-state index in [4.69, 9.17) is 5.73 Å². The van der Waals surface area contributed by atoms with Crippen molar-refractivity contribution in [3.05, 3.63) is 47.8 Å². The maximum Gasteiger partial charge on any atom is 0.0640 e. The Labute approximate surface area is 124 Å². The van der Waals surface area contributed by atoms with Crippen molar-refractivity contribution in [2.24, 2.45) is 5.73 Å². The van der Waals surface area contributed by atoms with E-state index in [1.807, 2.05) is 22.6 Å². The Balaban J connectivity index is 1.64. The SMILES string of the molecule is CC(C)n1ccc(CC(N)C2Cc3ccccc3S2)n1. The zero-order valence-electron chi connectivity index (χ0n) is 12.0. The fourth-order valence-corrected chi connectivity index (χ4v) is 3.91. The van der Waals surface area contributed by atoms with Crippen LogP contribution in [0.3, 0.4) is 0 Å². The molecular formula is C16H21N3S. The normalized spacial score (nSPS) is 19.3. The van der Waals surface area contributed by atoms with Crippen LogP contribution >= 0.6 is 11.8 Å². The lowest BCUT2D eigenvalue weighted by Gasteiger charge is -2.17. The Morgan fingerprint density at radius 3 is 2.85 bits per heavy atom. The molecule has 0 spiro atoms. The molecule has 2 heterocycles. The standard InChI is InChI=1S/C16H21N3S/c1-11(2)19-8-7-13(18-19)10-14(17)16-9-12-5-3-4-6-15(12)20-16/h3-8,11,14,16H,9-10,17H2,1-2H3. The predicted molar refractivity (Wildman–Crippen MR) is 84.1 cm³/mol. The van der Waals surface area contributed by atoms with Gasteiger partial charge in [-0.25, -0.2) is 0 Å². The molecule has 0 amide bonds. The summed E-state index contributed by atoms with van der Waals surface area (Å²) in [5, 5.41) is 5.07. The average molecular weight is 287 g/mol. The lowest BCUT2D eigenvalue weighted by atomic mass is 10.0. The van der Waals surface area contributed by atoms with Crippen LogP contribution < -0.4 is 5.73 Å². The van der Waals surface area contributed by atoms with Crippen LogP contribution in [0.15, 0.2) is 41.4 Å². The molecule has 0 saturated heterocycles. The van der Waals surface area contributed by atoms with Crippen molar-refractivity contribution in [2.75, 3.05) is 0 Å². The highest BCUT2D eigenvalue weighted by atomic mass is 32.2. The fourth-order valence-electron chi connectivity index (χ4n) is 2.59. The molecule has 3 nitrogen and oxygen atoms in total. The van der Waals surface area contributed by atoms with E-state index >= 15 is 0 Å². The predicted octanol–water partition coefficient (Wildman–Crippen LogP) is 3.05. The lowest BCUT2D eigenvalue weighted by molar-refractivity contribution is 0.520. The van der Waals surface area contributed by atoms with Crippen molar-refractivity contribution < 1.29 is 0 Å². The summed E-state index contributed by atoms with van der Waals surface area (Å²) in [6, 6.07) is 11.3. The minimum Gasteiger partial charge on any atom is -0.326 e. The van der Waals surface area contributed by atoms with E-state index in [9.17, 15) is 0 Å². The highest BCUT2D eigenvalue weighted by molar-refractivity contribution is 8.00. The van der Waals surface area contributed by atoms with Crippen LogP contribution in [-0.4, -0.2) is 21.1 Å². The summed E-state index contributed by atoms with van der Waals surface area (Å²) in [5.74, 6) is 0. The van der Waals surface area contributed by atoms with Gasteiger partial charge in [0.15, 0.2) is 0 Å². The number of hydrogen-bond donors (Lipinski definition) is 1. The number of thioether (sulfide) groups is 1. The molecule has 3 rings (SSSR count). The van der Waals surface area contributed by atoms with Gasteiger partial charge in [0.25, 0.3) is 0 Å². The topological polar surface area (TPSA) is 43.8 Å². The van der Waals surface area contributed by atoms with Crippen LogP contribution in [0.1, 0.15) is 31.1 Å². The molecule has 20 heavy (non-hydrogen) atoms. The van der Waals surface area contributed by atoms with E-state index < -0.39 is 0 Å². The van der Waals surface area contributed by atoms with Crippen LogP contribution in [0.2, 0.25) is 0 Å². The fraction of sp³-hybridized carbons (Fsp3) is 0.438. The monoisotopic (exact) mass is 287 g/mol. The molecule has 2 N–H and O–H groups in total. The lowest BCUT2D eigenvalue weighted by Crippen LogP contribution is -2.34. The third-order valence-electron chi connectivity index (χ3n) is 3.79. The molecule has 0 aliphatic carbocycles. The highest BCUT2D eigenvalue weighted by Crippen LogP contribution is 2.38. The number of fused-ring (bicyclic) bond motifs is 1. The largest absolute Gasteiger partial charge is 0.326 e. The van der Waals surface area contributed by atoms with Gasteiger partial charge >= 0.3 is 0 Å². The summed E-state index contributed by atoms with van der Waals surface area (Å²) in [5.41, 5.74) is 8.94. The molecule has 2 aromatic rings. The number of benzene rings is 1. The van der Waals surface area contributed by atoms with Gasteiger partial charge in [-0.3, -0.25) is 4.68 Å². The Morgan fingerprint density at radius 1 is 1.35 bits per heavy atom. The molecule has 2 unspecified atom stereocenters. The average Bonchev–Trinajstić information content (AvgIpc) is 3.04. The van der Waals surface area contributed by atoms with E-state index in [-0.39, 0.29) is 6.04 Å². The van der Waals surface area contributed by atoms with Crippen LogP contribution in [-0.2, 0) is 12.8 Å². The van der Waals surface area contributed by atoms with Crippen molar-refractivity contribution in [2.45, 2.75) is 48.9 Å². The van der Waals surface area contributed by atoms with Crippen molar-refractivity contribution in [1.82, 2.24) is 9.78 Å². The second kappa shape index (κ2) is 5.62. The molecule has 0 saturated carbocycles. The van der Waals surface area contributed by atoms with E-state index in [1.165, 1.54) is 10.5 Å². The Hall–Kier alpha value is -1.26. The number of aromatic nitrogens is 2. The van der Waals surface area contributed by atoms with Crippen LogP contribution in [0.5, 0.6) is 0 Å². The number of nitrogens with two attached hydrogens (primary N) is 1. The minimum absolute atomic E-state index is 0.155. The van der Waals surface area contributed by atoms with Gasteiger partial charge in [0.05, 0.1) is 5.69 Å². The van der Waals surface area contributed by atoms with E-state index in [0.717, 1.165) is 18.5 Å². The summed E-state index contributed by atoms with van der Waals surface area (Å²) in [4.78, 5) is 1.39. The van der Waals surface area contributed by atoms with E-state index in [1.54, 1.807) is 0 Å². The molecule has 1 aliphatic rings. The summed E-state index contributed by atoms with van der Waals surface area (Å²) in [7, 11) is 0. The molecular weight excluding hydrogens is 266 g/mol. The van der Waals surface area contributed by atoms with Crippen molar-refractivity contribution in [3.63, 3.8) is 0 Å².